The molecule has 4 unspecified atom stereocenters. The molecule has 0 spiro atoms. The van der Waals surface area contributed by atoms with Gasteiger partial charge in [-0.3, -0.25) is 9.59 Å². The molecule has 0 N–H and O–H groups in total. The second-order valence-electron chi connectivity index (χ2n) is 9.51. The molecule has 170 valence electrons. The van der Waals surface area contributed by atoms with Crippen molar-refractivity contribution < 1.29 is 14.3 Å². The van der Waals surface area contributed by atoms with Crippen LogP contribution in [0.5, 0.6) is 0 Å². The average Bonchev–Trinajstić information content (AvgIpc) is 3.43. The first-order valence-electron chi connectivity index (χ1n) is 11.5. The van der Waals surface area contributed by atoms with Gasteiger partial charge in [-0.25, -0.2) is 9.88 Å². The number of thioether (sulfide) groups is 1. The molecule has 2 bridgehead atoms. The second kappa shape index (κ2) is 7.66. The summed E-state index contributed by atoms with van der Waals surface area (Å²) >= 11 is 1.64. The Morgan fingerprint density at radius 1 is 1.09 bits per heavy atom. The number of carbonyl (C=O) groups is 2. The first-order chi connectivity index (χ1) is 16.5. The molecule has 3 saturated heterocycles. The van der Waals surface area contributed by atoms with Gasteiger partial charge in [0.15, 0.2) is 0 Å². The van der Waals surface area contributed by atoms with E-state index in [2.05, 4.69) is 11.1 Å². The van der Waals surface area contributed by atoms with Crippen molar-refractivity contribution in [1.29, 1.82) is 5.26 Å². The SMILES string of the molecule is CC12CCC(CCSc3ccccn3)(O1)C1C(=O)N(c3ccc4ccccc4c3C#N)C(=O)C12. The fraction of sp³-hybridized carbons (Fsp3) is 0.333. The highest BCUT2D eigenvalue weighted by atomic mass is 32.2. The van der Waals surface area contributed by atoms with Crippen LogP contribution in [0, 0.1) is 23.2 Å². The lowest BCUT2D eigenvalue weighted by Gasteiger charge is -2.31. The summed E-state index contributed by atoms with van der Waals surface area (Å²) < 4.78 is 6.54. The van der Waals surface area contributed by atoms with Gasteiger partial charge in [0.2, 0.25) is 11.8 Å². The molecule has 0 saturated carbocycles. The molecule has 3 aromatic rings. The van der Waals surface area contributed by atoms with Crippen molar-refractivity contribution in [2.45, 2.75) is 42.4 Å². The van der Waals surface area contributed by atoms with Gasteiger partial charge >= 0.3 is 0 Å². The third kappa shape index (κ3) is 2.95. The van der Waals surface area contributed by atoms with Gasteiger partial charge in [-0.05, 0) is 49.8 Å². The second-order valence-corrected chi connectivity index (χ2v) is 10.6. The van der Waals surface area contributed by atoms with Gasteiger partial charge in [0.05, 0.1) is 39.3 Å². The van der Waals surface area contributed by atoms with E-state index in [4.69, 9.17) is 4.74 Å². The fourth-order valence-electron chi connectivity index (χ4n) is 6.17. The molecule has 2 amide bonds. The third-order valence-electron chi connectivity index (χ3n) is 7.68. The summed E-state index contributed by atoms with van der Waals surface area (Å²) in [5, 5.41) is 12.5. The molecule has 6 nitrogen and oxygen atoms in total. The smallest absolute Gasteiger partial charge is 0.240 e. The van der Waals surface area contributed by atoms with E-state index in [0.29, 0.717) is 17.7 Å². The summed E-state index contributed by atoms with van der Waals surface area (Å²) in [6, 6.07) is 19.2. The average molecular weight is 470 g/mol. The van der Waals surface area contributed by atoms with E-state index in [1.54, 1.807) is 24.0 Å². The Labute approximate surface area is 201 Å². The number of hydrogen-bond acceptors (Lipinski definition) is 6. The molecule has 6 rings (SSSR count). The van der Waals surface area contributed by atoms with Crippen molar-refractivity contribution in [2.24, 2.45) is 11.8 Å². The number of pyridine rings is 1. The number of hydrogen-bond donors (Lipinski definition) is 0. The lowest BCUT2D eigenvalue weighted by atomic mass is 9.67. The first-order valence-corrected chi connectivity index (χ1v) is 12.5. The number of ether oxygens (including phenoxy) is 1. The number of amides is 2. The Kier molecular flexibility index (Phi) is 4.80. The summed E-state index contributed by atoms with van der Waals surface area (Å²) in [7, 11) is 0. The van der Waals surface area contributed by atoms with Gasteiger partial charge in [0.1, 0.15) is 6.07 Å². The monoisotopic (exact) mass is 469 g/mol. The van der Waals surface area contributed by atoms with Crippen LogP contribution >= 0.6 is 11.8 Å². The summed E-state index contributed by atoms with van der Waals surface area (Å²) in [5.41, 5.74) is -0.581. The molecule has 0 radical (unpaired) electrons. The quantitative estimate of drug-likeness (QED) is 0.397. The van der Waals surface area contributed by atoms with E-state index in [0.717, 1.165) is 34.4 Å². The van der Waals surface area contributed by atoms with Crippen molar-refractivity contribution in [3.05, 3.63) is 66.4 Å². The molecule has 7 heteroatoms. The molecule has 3 aliphatic heterocycles. The van der Waals surface area contributed by atoms with E-state index in [1.165, 1.54) is 4.90 Å². The molecule has 34 heavy (non-hydrogen) atoms. The van der Waals surface area contributed by atoms with Crippen LogP contribution in [-0.4, -0.2) is 33.8 Å². The number of benzene rings is 2. The molecule has 4 atom stereocenters. The van der Waals surface area contributed by atoms with E-state index >= 15 is 0 Å². The highest BCUT2D eigenvalue weighted by Crippen LogP contribution is 2.62. The third-order valence-corrected chi connectivity index (χ3v) is 8.63. The molecule has 0 aliphatic carbocycles. The maximum absolute atomic E-state index is 13.9. The number of nitrogens with zero attached hydrogens (tertiary/aromatic N) is 3. The molecule has 2 aromatic carbocycles. The van der Waals surface area contributed by atoms with Crippen molar-refractivity contribution in [1.82, 2.24) is 4.98 Å². The Hall–Kier alpha value is -3.21. The van der Waals surface area contributed by atoms with Crippen LogP contribution in [0.25, 0.3) is 10.8 Å². The highest BCUT2D eigenvalue weighted by Gasteiger charge is 2.73. The molecular weight excluding hydrogens is 446 g/mol. The summed E-state index contributed by atoms with van der Waals surface area (Å²) in [5.74, 6) is -0.791. The van der Waals surface area contributed by atoms with Crippen LogP contribution in [0.2, 0.25) is 0 Å². The first kappa shape index (κ1) is 21.3. The van der Waals surface area contributed by atoms with Crippen LogP contribution in [-0.2, 0) is 14.3 Å². The van der Waals surface area contributed by atoms with Crippen molar-refractivity contribution >= 4 is 40.0 Å². The zero-order valence-corrected chi connectivity index (χ0v) is 19.5. The molecule has 1 aromatic heterocycles. The maximum atomic E-state index is 13.9. The Morgan fingerprint density at radius 3 is 2.68 bits per heavy atom. The van der Waals surface area contributed by atoms with E-state index in [-0.39, 0.29) is 11.8 Å². The number of nitriles is 1. The maximum Gasteiger partial charge on any atom is 0.240 e. The van der Waals surface area contributed by atoms with Gasteiger partial charge < -0.3 is 4.74 Å². The van der Waals surface area contributed by atoms with Gasteiger partial charge in [0, 0.05) is 17.3 Å². The lowest BCUT2D eigenvalue weighted by Crippen LogP contribution is -2.42. The predicted octanol–water partition coefficient (Wildman–Crippen LogP) is 4.72. The van der Waals surface area contributed by atoms with E-state index < -0.39 is 23.0 Å². The number of imide groups is 1. The molecule has 3 fully saturated rings. The minimum atomic E-state index is -0.661. The van der Waals surface area contributed by atoms with Crippen LogP contribution in [0.15, 0.2) is 65.8 Å². The zero-order valence-electron chi connectivity index (χ0n) is 18.7. The Bertz CT molecular complexity index is 1370. The van der Waals surface area contributed by atoms with Crippen LogP contribution < -0.4 is 4.90 Å². The van der Waals surface area contributed by atoms with Crippen LogP contribution in [0.3, 0.4) is 0 Å². The van der Waals surface area contributed by atoms with Crippen molar-refractivity contribution in [3.8, 4) is 6.07 Å². The standard InChI is InChI=1S/C27H23N3O3S/c1-26-11-12-27(33-26,13-15-34-21-8-4-5-14-29-21)23-22(26)24(31)30(25(23)32)20-10-9-17-6-2-3-7-18(17)19(20)16-28/h2-10,14,22-23H,11-13,15H2,1H3. The minimum absolute atomic E-state index is 0.243. The van der Waals surface area contributed by atoms with Crippen LogP contribution in [0.4, 0.5) is 5.69 Å². The van der Waals surface area contributed by atoms with Gasteiger partial charge in [0.25, 0.3) is 0 Å². The Balaban J connectivity index is 1.35. The van der Waals surface area contributed by atoms with Gasteiger partial charge in [-0.2, -0.15) is 5.26 Å². The van der Waals surface area contributed by atoms with Crippen molar-refractivity contribution in [3.63, 3.8) is 0 Å². The highest BCUT2D eigenvalue weighted by molar-refractivity contribution is 7.99. The van der Waals surface area contributed by atoms with E-state index in [1.807, 2.05) is 55.5 Å². The summed E-state index contributed by atoms with van der Waals surface area (Å²) in [6.45, 7) is 1.96. The number of anilines is 1. The minimum Gasteiger partial charge on any atom is -0.367 e. The number of fused-ring (bicyclic) bond motifs is 6. The topological polar surface area (TPSA) is 83.3 Å². The van der Waals surface area contributed by atoms with Crippen molar-refractivity contribution in [2.75, 3.05) is 10.7 Å². The number of carbonyl (C=O) groups excluding carboxylic acids is 2. The summed E-state index contributed by atoms with van der Waals surface area (Å²) in [4.78, 5) is 33.2. The fourth-order valence-corrected chi connectivity index (χ4v) is 7.14. The normalized spacial score (nSPS) is 29.6. The number of rotatable bonds is 5. The predicted molar refractivity (Wildman–Crippen MR) is 129 cm³/mol. The molecule has 4 heterocycles. The van der Waals surface area contributed by atoms with Crippen LogP contribution in [0.1, 0.15) is 31.7 Å². The molecular formula is C27H23N3O3S. The largest absolute Gasteiger partial charge is 0.367 e. The summed E-state index contributed by atoms with van der Waals surface area (Å²) in [6.07, 6.45) is 3.94. The van der Waals surface area contributed by atoms with Gasteiger partial charge in [-0.1, -0.05) is 36.4 Å². The number of aromatic nitrogens is 1. The Morgan fingerprint density at radius 2 is 1.88 bits per heavy atom. The van der Waals surface area contributed by atoms with Gasteiger partial charge in [-0.15, -0.1) is 11.8 Å². The lowest BCUT2D eigenvalue weighted by molar-refractivity contribution is -0.130. The zero-order chi connectivity index (χ0) is 23.5. The molecule has 3 aliphatic rings. The van der Waals surface area contributed by atoms with E-state index in [9.17, 15) is 14.9 Å².